The van der Waals surface area contributed by atoms with E-state index in [1.807, 2.05) is 19.9 Å². The number of hydrogen-bond acceptors (Lipinski definition) is 4. The number of aromatic nitrogens is 2. The summed E-state index contributed by atoms with van der Waals surface area (Å²) in [6.07, 6.45) is 5.06. The summed E-state index contributed by atoms with van der Waals surface area (Å²) in [4.78, 5) is 14.0. The molecule has 136 valence electrons. The fourth-order valence-electron chi connectivity index (χ4n) is 2.00. The van der Waals surface area contributed by atoms with E-state index >= 15 is 0 Å². The summed E-state index contributed by atoms with van der Waals surface area (Å²) < 4.78 is 1.40. The van der Waals surface area contributed by atoms with E-state index in [0.29, 0.717) is 6.54 Å². The Morgan fingerprint density at radius 1 is 1.21 bits per heavy atom. The Hall–Kier alpha value is -2.58. The first-order valence-electron chi connectivity index (χ1n) is 7.89. The van der Waals surface area contributed by atoms with E-state index in [0.717, 1.165) is 43.5 Å². The first kappa shape index (κ1) is 21.4. The molecule has 24 heavy (non-hydrogen) atoms. The third-order valence-corrected chi connectivity index (χ3v) is 3.08. The zero-order valence-electron chi connectivity index (χ0n) is 14.5. The van der Waals surface area contributed by atoms with Gasteiger partial charge in [-0.25, -0.2) is 4.68 Å². The molecule has 0 saturated carbocycles. The zero-order chi connectivity index (χ0) is 18.5. The van der Waals surface area contributed by atoms with E-state index in [-0.39, 0.29) is 18.3 Å². The molecule has 0 radical (unpaired) electrons. The van der Waals surface area contributed by atoms with Crippen LogP contribution in [-0.4, -0.2) is 39.3 Å². The van der Waals surface area contributed by atoms with Crippen molar-refractivity contribution < 1.29 is 9.90 Å². The van der Waals surface area contributed by atoms with Crippen LogP contribution in [0, 0.1) is 19.3 Å². The quantitative estimate of drug-likeness (QED) is 0.268. The molecule has 0 atom stereocenters. The summed E-state index contributed by atoms with van der Waals surface area (Å²) in [5, 5.41) is 19.4. The number of nitrogens with one attached hydrogen (secondary N) is 1. The van der Waals surface area contributed by atoms with Gasteiger partial charge in [0.2, 0.25) is 5.96 Å². The molecule has 0 aliphatic carbocycles. The number of rotatable bonds is 8. The van der Waals surface area contributed by atoms with Gasteiger partial charge in [0.1, 0.15) is 0 Å². The first-order chi connectivity index (χ1) is 11.2. The van der Waals surface area contributed by atoms with Gasteiger partial charge in [-0.2, -0.15) is 5.10 Å². The molecule has 0 fully saturated rings. The van der Waals surface area contributed by atoms with Gasteiger partial charge in [-0.3, -0.25) is 15.2 Å². The van der Waals surface area contributed by atoms with Gasteiger partial charge in [0, 0.05) is 18.7 Å². The van der Waals surface area contributed by atoms with Gasteiger partial charge >= 0.3 is 5.97 Å². The standard InChI is InChI=1S/C9H19N3O2.C6H10N4/c10-9(11)12-7-5-3-1-2-4-6-8(13)14;1-4-3-5(2)10(9-4)6(7)8/h1-7H2,(H,13,14)(H4,10,11,12);3H,1-2H3,(H3,7,8). The second-order valence-electron chi connectivity index (χ2n) is 5.44. The Bertz CT molecular complexity index is 548. The highest BCUT2D eigenvalue weighted by Gasteiger charge is 2.00. The SMILES string of the molecule is Cc1cc(C)n(C(=N)N)n1.NC(N)=NCCCCCCCC(=O)O. The molecule has 1 aromatic heterocycles. The molecular formula is C15H29N7O2. The monoisotopic (exact) mass is 339 g/mol. The third kappa shape index (κ3) is 11.0. The number of unbranched alkanes of at least 4 members (excludes halogenated alkanes) is 4. The number of aliphatic imine (C=N–C) groups is 1. The second-order valence-corrected chi connectivity index (χ2v) is 5.44. The van der Waals surface area contributed by atoms with Crippen molar-refractivity contribution in [3.63, 3.8) is 0 Å². The van der Waals surface area contributed by atoms with Gasteiger partial charge < -0.3 is 22.3 Å². The van der Waals surface area contributed by atoms with Crippen molar-refractivity contribution in [3.05, 3.63) is 17.5 Å². The van der Waals surface area contributed by atoms with Crippen LogP contribution >= 0.6 is 0 Å². The largest absolute Gasteiger partial charge is 0.481 e. The number of carboxylic acid groups (broad SMARTS) is 1. The second kappa shape index (κ2) is 11.9. The number of nitrogen functional groups attached to an aromatic ring is 1. The average molecular weight is 339 g/mol. The van der Waals surface area contributed by atoms with Crippen LogP contribution in [-0.2, 0) is 4.79 Å². The maximum absolute atomic E-state index is 10.2. The molecule has 0 amide bonds. The Labute approximate surface area is 142 Å². The van der Waals surface area contributed by atoms with Gasteiger partial charge in [0.25, 0.3) is 0 Å². The minimum Gasteiger partial charge on any atom is -0.481 e. The molecule has 0 aliphatic rings. The molecule has 1 heterocycles. The van der Waals surface area contributed by atoms with E-state index in [1.165, 1.54) is 4.68 Å². The number of hydrogen-bond donors (Lipinski definition) is 5. The van der Waals surface area contributed by atoms with Crippen molar-refractivity contribution in [1.29, 1.82) is 5.41 Å². The zero-order valence-corrected chi connectivity index (χ0v) is 14.5. The lowest BCUT2D eigenvalue weighted by Gasteiger charge is -1.98. The van der Waals surface area contributed by atoms with Crippen LogP contribution in [0.2, 0.25) is 0 Å². The Kier molecular flexibility index (Phi) is 10.6. The number of nitrogens with two attached hydrogens (primary N) is 3. The van der Waals surface area contributed by atoms with Gasteiger partial charge in [-0.05, 0) is 32.8 Å². The van der Waals surface area contributed by atoms with E-state index in [2.05, 4.69) is 10.1 Å². The maximum atomic E-state index is 10.2. The predicted octanol–water partition coefficient (Wildman–Crippen LogP) is 0.927. The highest BCUT2D eigenvalue weighted by atomic mass is 16.4. The van der Waals surface area contributed by atoms with Gasteiger partial charge in [-0.1, -0.05) is 19.3 Å². The number of aliphatic carboxylic acids is 1. The lowest BCUT2D eigenvalue weighted by molar-refractivity contribution is -0.137. The summed E-state index contributed by atoms with van der Waals surface area (Å²) in [6.45, 7) is 4.40. The molecule has 1 rings (SSSR count). The summed E-state index contributed by atoms with van der Waals surface area (Å²) in [5.74, 6) is -0.619. The molecular weight excluding hydrogens is 310 g/mol. The molecule has 0 aliphatic heterocycles. The van der Waals surface area contributed by atoms with Crippen LogP contribution in [0.3, 0.4) is 0 Å². The Balaban J connectivity index is 0.000000463. The van der Waals surface area contributed by atoms with Gasteiger partial charge in [0.05, 0.1) is 5.69 Å². The van der Waals surface area contributed by atoms with Gasteiger partial charge in [0.15, 0.2) is 5.96 Å². The highest BCUT2D eigenvalue weighted by Crippen LogP contribution is 2.05. The van der Waals surface area contributed by atoms with Crippen molar-refractivity contribution in [2.45, 2.75) is 52.4 Å². The van der Waals surface area contributed by atoms with E-state index in [4.69, 9.17) is 27.7 Å². The Morgan fingerprint density at radius 3 is 2.21 bits per heavy atom. The highest BCUT2D eigenvalue weighted by molar-refractivity contribution is 5.76. The van der Waals surface area contributed by atoms with Crippen LogP contribution < -0.4 is 17.2 Å². The summed E-state index contributed by atoms with van der Waals surface area (Å²) >= 11 is 0. The molecule has 0 unspecified atom stereocenters. The summed E-state index contributed by atoms with van der Waals surface area (Å²) in [5.41, 5.74) is 17.3. The van der Waals surface area contributed by atoms with Crippen molar-refractivity contribution >= 4 is 17.9 Å². The van der Waals surface area contributed by atoms with E-state index < -0.39 is 5.97 Å². The smallest absolute Gasteiger partial charge is 0.303 e. The number of aryl methyl sites for hydroxylation is 2. The lowest BCUT2D eigenvalue weighted by Crippen LogP contribution is -2.22. The summed E-state index contributed by atoms with van der Waals surface area (Å²) in [6, 6.07) is 1.88. The minimum absolute atomic E-state index is 0.0365. The minimum atomic E-state index is -0.717. The van der Waals surface area contributed by atoms with E-state index in [1.54, 1.807) is 0 Å². The molecule has 9 nitrogen and oxygen atoms in total. The Morgan fingerprint density at radius 2 is 1.79 bits per heavy atom. The fraction of sp³-hybridized carbons (Fsp3) is 0.600. The number of carboxylic acids is 1. The van der Waals surface area contributed by atoms with Crippen molar-refractivity contribution in [2.24, 2.45) is 22.2 Å². The molecule has 1 aromatic rings. The molecule has 0 saturated heterocycles. The molecule has 8 N–H and O–H groups in total. The van der Waals surface area contributed by atoms with Crippen molar-refractivity contribution in [2.75, 3.05) is 6.54 Å². The third-order valence-electron chi connectivity index (χ3n) is 3.08. The number of carbonyl (C=O) groups is 1. The maximum Gasteiger partial charge on any atom is 0.303 e. The first-order valence-corrected chi connectivity index (χ1v) is 7.89. The lowest BCUT2D eigenvalue weighted by atomic mass is 10.1. The fourth-order valence-corrected chi connectivity index (χ4v) is 2.00. The normalized spacial score (nSPS) is 9.75. The van der Waals surface area contributed by atoms with Crippen molar-refractivity contribution in [3.8, 4) is 0 Å². The molecule has 0 spiro atoms. The van der Waals surface area contributed by atoms with Crippen LogP contribution in [0.25, 0.3) is 0 Å². The molecule has 9 heteroatoms. The number of nitrogens with zero attached hydrogens (tertiary/aromatic N) is 3. The molecule has 0 bridgehead atoms. The van der Waals surface area contributed by atoms with Crippen LogP contribution in [0.1, 0.15) is 49.9 Å². The predicted molar refractivity (Wildman–Crippen MR) is 95.0 cm³/mol. The number of guanidine groups is 1. The van der Waals surface area contributed by atoms with Crippen LogP contribution in [0.5, 0.6) is 0 Å². The average Bonchev–Trinajstić information content (AvgIpc) is 2.81. The van der Waals surface area contributed by atoms with Crippen LogP contribution in [0.15, 0.2) is 11.1 Å². The van der Waals surface area contributed by atoms with Crippen LogP contribution in [0.4, 0.5) is 0 Å². The molecule has 0 aromatic carbocycles. The summed E-state index contributed by atoms with van der Waals surface area (Å²) in [7, 11) is 0. The van der Waals surface area contributed by atoms with Crippen molar-refractivity contribution in [1.82, 2.24) is 9.78 Å². The van der Waals surface area contributed by atoms with Gasteiger partial charge in [-0.15, -0.1) is 0 Å². The van der Waals surface area contributed by atoms with E-state index in [9.17, 15) is 4.79 Å². The topological polar surface area (TPSA) is 169 Å².